The van der Waals surface area contributed by atoms with Crippen LogP contribution in [0.3, 0.4) is 0 Å². The summed E-state index contributed by atoms with van der Waals surface area (Å²) in [4.78, 5) is 10.0. The van der Waals surface area contributed by atoms with Crippen molar-refractivity contribution in [3.63, 3.8) is 0 Å². The Balaban J connectivity index is 0.000000222. The van der Waals surface area contributed by atoms with Crippen LogP contribution in [0.5, 0.6) is 34.5 Å². The smallest absolute Gasteiger partial charge is 0.272 e. The van der Waals surface area contributed by atoms with E-state index in [4.69, 9.17) is 71.1 Å². The molecule has 4 rings (SSSR count). The first-order chi connectivity index (χ1) is 18.9. The Labute approximate surface area is 246 Å². The minimum Gasteiger partial charge on any atom is -0.497 e. The SMILES string of the molecule is COc1ccc(Oc2c(Cl)cc(N)cc2Cl)c(F)c1.COc1ccc(Oc2c(Cl)cc([N+](=O)[O-])cc2Cl)c(F)c1. The maximum atomic E-state index is 13.8. The number of nitro groups is 1. The van der Waals surface area contributed by atoms with Crippen LogP contribution in [0.15, 0.2) is 60.7 Å². The van der Waals surface area contributed by atoms with E-state index in [0.29, 0.717) is 17.2 Å². The molecule has 0 saturated heterocycles. The van der Waals surface area contributed by atoms with E-state index in [0.717, 1.165) is 18.2 Å². The van der Waals surface area contributed by atoms with Crippen molar-refractivity contribution < 1.29 is 32.7 Å². The van der Waals surface area contributed by atoms with Crippen LogP contribution in [-0.2, 0) is 0 Å². The van der Waals surface area contributed by atoms with Crippen molar-refractivity contribution in [1.29, 1.82) is 0 Å². The van der Waals surface area contributed by atoms with E-state index in [1.54, 1.807) is 6.07 Å². The van der Waals surface area contributed by atoms with Crippen molar-refractivity contribution in [2.24, 2.45) is 0 Å². The van der Waals surface area contributed by atoms with Crippen LogP contribution in [0, 0.1) is 21.7 Å². The lowest BCUT2D eigenvalue weighted by Crippen LogP contribution is -1.94. The van der Waals surface area contributed by atoms with Gasteiger partial charge in [0.2, 0.25) is 0 Å². The summed E-state index contributed by atoms with van der Waals surface area (Å²) in [7, 11) is 2.85. The normalized spacial score (nSPS) is 10.3. The monoisotopic (exact) mass is 632 g/mol. The molecule has 0 bridgehead atoms. The molecule has 0 fully saturated rings. The number of nitrogens with two attached hydrogens (primary N) is 1. The first kappa shape index (κ1) is 30.8. The molecule has 0 spiro atoms. The molecule has 14 heteroatoms. The number of nitrogen functional groups attached to an aromatic ring is 1. The molecule has 40 heavy (non-hydrogen) atoms. The average Bonchev–Trinajstić information content (AvgIpc) is 2.89. The van der Waals surface area contributed by atoms with Gasteiger partial charge in [0.05, 0.1) is 39.2 Å². The van der Waals surface area contributed by atoms with Crippen LogP contribution in [0.4, 0.5) is 20.2 Å². The van der Waals surface area contributed by atoms with E-state index >= 15 is 0 Å². The van der Waals surface area contributed by atoms with Crippen LogP contribution in [-0.4, -0.2) is 19.1 Å². The molecule has 0 saturated carbocycles. The van der Waals surface area contributed by atoms with Crippen LogP contribution >= 0.6 is 46.4 Å². The minimum absolute atomic E-state index is 0.00521. The number of nitro benzene ring substituents is 1. The number of ether oxygens (including phenoxy) is 4. The van der Waals surface area contributed by atoms with Gasteiger partial charge in [-0.15, -0.1) is 0 Å². The highest BCUT2D eigenvalue weighted by Crippen LogP contribution is 2.41. The van der Waals surface area contributed by atoms with E-state index in [2.05, 4.69) is 0 Å². The summed E-state index contributed by atoms with van der Waals surface area (Å²) in [5.41, 5.74) is 5.69. The topological polar surface area (TPSA) is 106 Å². The van der Waals surface area contributed by atoms with E-state index in [9.17, 15) is 18.9 Å². The number of nitrogens with zero attached hydrogens (tertiary/aromatic N) is 1. The van der Waals surface area contributed by atoms with Gasteiger partial charge in [-0.25, -0.2) is 8.78 Å². The number of hydrogen-bond acceptors (Lipinski definition) is 7. The third-order valence-electron chi connectivity index (χ3n) is 4.92. The number of benzene rings is 4. The fraction of sp³-hybridized carbons (Fsp3) is 0.0769. The van der Waals surface area contributed by atoms with Crippen LogP contribution < -0.4 is 24.7 Å². The maximum absolute atomic E-state index is 13.8. The van der Waals surface area contributed by atoms with Gasteiger partial charge in [0.15, 0.2) is 34.6 Å². The van der Waals surface area contributed by atoms with E-state index in [1.807, 2.05) is 0 Å². The molecule has 0 aromatic heterocycles. The largest absolute Gasteiger partial charge is 0.497 e. The van der Waals surface area contributed by atoms with Crippen molar-refractivity contribution in [2.45, 2.75) is 0 Å². The summed E-state index contributed by atoms with van der Waals surface area (Å²) in [5.74, 6) is -0.597. The highest BCUT2D eigenvalue weighted by atomic mass is 35.5. The molecule has 0 aliphatic heterocycles. The van der Waals surface area contributed by atoms with Gasteiger partial charge in [-0.1, -0.05) is 46.4 Å². The van der Waals surface area contributed by atoms with Crippen molar-refractivity contribution in [1.82, 2.24) is 0 Å². The van der Waals surface area contributed by atoms with Gasteiger partial charge in [-0.2, -0.15) is 0 Å². The molecule has 4 aromatic rings. The van der Waals surface area contributed by atoms with Gasteiger partial charge in [0.1, 0.15) is 11.5 Å². The van der Waals surface area contributed by atoms with E-state index in [-0.39, 0.29) is 48.8 Å². The number of hydrogen-bond donors (Lipinski definition) is 1. The Hall–Kier alpha value is -3.70. The predicted molar refractivity (Wildman–Crippen MR) is 150 cm³/mol. The summed E-state index contributed by atoms with van der Waals surface area (Å²) >= 11 is 23.7. The maximum Gasteiger partial charge on any atom is 0.272 e. The molecule has 0 atom stereocenters. The molecule has 0 unspecified atom stereocenters. The molecule has 8 nitrogen and oxygen atoms in total. The van der Waals surface area contributed by atoms with Crippen LogP contribution in [0.25, 0.3) is 0 Å². The second-order valence-electron chi connectivity index (χ2n) is 7.61. The molecule has 4 aromatic carbocycles. The summed E-state index contributed by atoms with van der Waals surface area (Å²) < 4.78 is 48.0. The molecule has 0 heterocycles. The van der Waals surface area contributed by atoms with E-state index in [1.165, 1.54) is 50.6 Å². The standard InChI is InChI=1S/C13H8Cl2FNO4.C13H10Cl2FNO2/c1-20-8-2-3-12(11(16)6-8)21-13-9(14)4-7(17(18)19)5-10(13)15;1-18-8-2-3-12(11(16)6-8)19-13-9(14)4-7(17)5-10(13)15/h2-6H,1H3;2-6H,17H2,1H3. The van der Waals surface area contributed by atoms with Gasteiger partial charge in [0, 0.05) is 30.0 Å². The zero-order valence-electron chi connectivity index (χ0n) is 20.5. The molecule has 0 amide bonds. The summed E-state index contributed by atoms with van der Waals surface area (Å²) in [5, 5.41) is 10.9. The second-order valence-corrected chi connectivity index (χ2v) is 9.23. The molecule has 210 valence electrons. The molecule has 2 N–H and O–H groups in total. The lowest BCUT2D eigenvalue weighted by Gasteiger charge is -2.11. The molecule has 0 aliphatic carbocycles. The lowest BCUT2D eigenvalue weighted by atomic mass is 10.3. The third kappa shape index (κ3) is 7.70. The molecular weight excluding hydrogens is 616 g/mol. The first-order valence-corrected chi connectivity index (χ1v) is 12.3. The second kappa shape index (κ2) is 13.6. The number of methoxy groups -OCH3 is 2. The Kier molecular flexibility index (Phi) is 10.5. The van der Waals surface area contributed by atoms with Crippen molar-refractivity contribution in [3.8, 4) is 34.5 Å². The third-order valence-corrected chi connectivity index (χ3v) is 6.04. The number of rotatable bonds is 7. The highest BCUT2D eigenvalue weighted by molar-refractivity contribution is 6.38. The Morgan fingerprint density at radius 1 is 0.700 bits per heavy atom. The minimum atomic E-state index is -0.681. The summed E-state index contributed by atoms with van der Waals surface area (Å²) in [6.07, 6.45) is 0. The van der Waals surface area contributed by atoms with Gasteiger partial charge in [-0.3, -0.25) is 10.1 Å². The van der Waals surface area contributed by atoms with Crippen molar-refractivity contribution >= 4 is 57.8 Å². The predicted octanol–water partition coefficient (Wildman–Crippen LogP) is 9.36. The zero-order chi connectivity index (χ0) is 29.6. The molecule has 0 aliphatic rings. The Morgan fingerprint density at radius 2 is 1.07 bits per heavy atom. The van der Waals surface area contributed by atoms with Crippen molar-refractivity contribution in [2.75, 3.05) is 20.0 Å². The first-order valence-electron chi connectivity index (χ1n) is 10.8. The highest BCUT2D eigenvalue weighted by Gasteiger charge is 2.18. The number of non-ortho nitro benzene ring substituents is 1. The number of halogens is 6. The van der Waals surface area contributed by atoms with Gasteiger partial charge in [0.25, 0.3) is 5.69 Å². The molecular formula is C26H18Cl4F2N2O6. The van der Waals surface area contributed by atoms with E-state index < -0.39 is 16.6 Å². The van der Waals surface area contributed by atoms with Gasteiger partial charge >= 0.3 is 0 Å². The lowest BCUT2D eigenvalue weighted by molar-refractivity contribution is -0.384. The van der Waals surface area contributed by atoms with Crippen molar-refractivity contribution in [3.05, 3.63) is 103 Å². The number of anilines is 1. The fourth-order valence-electron chi connectivity index (χ4n) is 3.03. The van der Waals surface area contributed by atoms with Crippen LogP contribution in [0.2, 0.25) is 20.1 Å². The van der Waals surface area contributed by atoms with Gasteiger partial charge < -0.3 is 24.7 Å². The summed E-state index contributed by atoms with van der Waals surface area (Å²) in [6, 6.07) is 13.3. The fourth-order valence-corrected chi connectivity index (χ4v) is 4.16. The quantitative estimate of drug-likeness (QED) is 0.123. The van der Waals surface area contributed by atoms with Crippen LogP contribution in [0.1, 0.15) is 0 Å². The Bertz CT molecular complexity index is 1510. The summed E-state index contributed by atoms with van der Waals surface area (Å²) in [6.45, 7) is 0. The van der Waals surface area contributed by atoms with Gasteiger partial charge in [-0.05, 0) is 36.4 Å². The average molecular weight is 634 g/mol. The molecule has 0 radical (unpaired) electrons. The Morgan fingerprint density at radius 3 is 1.40 bits per heavy atom. The zero-order valence-corrected chi connectivity index (χ0v) is 23.5.